The van der Waals surface area contributed by atoms with E-state index < -0.39 is 11.9 Å². The van der Waals surface area contributed by atoms with Gasteiger partial charge in [-0.2, -0.15) is 4.98 Å². The summed E-state index contributed by atoms with van der Waals surface area (Å²) in [6.45, 7) is -0.357. The van der Waals surface area contributed by atoms with Gasteiger partial charge < -0.3 is 37.3 Å². The molecule has 0 atom stereocenters. The van der Waals surface area contributed by atoms with Gasteiger partial charge in [0.15, 0.2) is 0 Å². The molecule has 3 amide bonds. The van der Waals surface area contributed by atoms with Crippen LogP contribution in [-0.2, 0) is 4.79 Å². The van der Waals surface area contributed by atoms with Crippen molar-refractivity contribution in [1.29, 1.82) is 10.8 Å². The Morgan fingerprint density at radius 3 is 2.00 bits per heavy atom. The Bertz CT molecular complexity index is 1260. The Kier molecular flexibility index (Phi) is 7.24. The molecule has 0 radical (unpaired) electrons. The molecular formula is C22H22N8O4. The highest BCUT2D eigenvalue weighted by Gasteiger charge is 2.14. The lowest BCUT2D eigenvalue weighted by Crippen LogP contribution is -2.36. The minimum atomic E-state index is -0.706. The minimum absolute atomic E-state index is 0.0323. The van der Waals surface area contributed by atoms with Crippen LogP contribution in [0.5, 0.6) is 23.3 Å². The monoisotopic (exact) mass is 462 g/mol. The SMILES string of the molecule is N=C(N)c1cccc(Oc2ccc(NC(=O)NCC(N)=O)c(Oc3cccc(C(=N)N)c3)n2)c1. The molecule has 0 saturated heterocycles. The molecule has 0 saturated carbocycles. The zero-order valence-electron chi connectivity index (χ0n) is 17.8. The standard InChI is InChI=1S/C22H22N8O4/c23-17(31)11-28-22(32)29-16-7-8-18(33-14-5-1-3-12(9-14)19(24)25)30-21(16)34-15-6-2-4-13(10-15)20(26)27/h1-10H,11H2,(H2,23,31)(H3,24,25)(H3,26,27)(H2,28,29,32). The van der Waals surface area contributed by atoms with E-state index in [1.54, 1.807) is 42.5 Å². The number of primary amides is 1. The lowest BCUT2D eigenvalue weighted by molar-refractivity contribution is -0.117. The molecule has 1 aromatic heterocycles. The molecule has 12 nitrogen and oxygen atoms in total. The van der Waals surface area contributed by atoms with E-state index in [1.807, 2.05) is 0 Å². The lowest BCUT2D eigenvalue weighted by Gasteiger charge is -2.14. The molecule has 2 aromatic carbocycles. The fourth-order valence-corrected chi connectivity index (χ4v) is 2.67. The second-order valence-electron chi connectivity index (χ2n) is 6.86. The average molecular weight is 462 g/mol. The van der Waals surface area contributed by atoms with Crippen LogP contribution in [0, 0.1) is 10.8 Å². The lowest BCUT2D eigenvalue weighted by atomic mass is 10.2. The number of nitrogens with two attached hydrogens (primary N) is 3. The van der Waals surface area contributed by atoms with Crippen molar-refractivity contribution < 1.29 is 19.1 Å². The number of nitrogens with one attached hydrogen (secondary N) is 4. The van der Waals surface area contributed by atoms with Crippen molar-refractivity contribution in [3.8, 4) is 23.3 Å². The molecule has 0 aliphatic heterocycles. The Labute approximate surface area is 194 Å². The second-order valence-corrected chi connectivity index (χ2v) is 6.86. The molecule has 3 aromatic rings. The van der Waals surface area contributed by atoms with Crippen molar-refractivity contribution in [2.24, 2.45) is 17.2 Å². The summed E-state index contributed by atoms with van der Waals surface area (Å²) in [4.78, 5) is 27.3. The molecule has 174 valence electrons. The van der Waals surface area contributed by atoms with Crippen LogP contribution in [0.3, 0.4) is 0 Å². The third kappa shape index (κ3) is 6.43. The van der Waals surface area contributed by atoms with Crippen LogP contribution >= 0.6 is 0 Å². The maximum atomic E-state index is 12.1. The number of urea groups is 1. The van der Waals surface area contributed by atoms with Gasteiger partial charge in [0.25, 0.3) is 0 Å². The number of pyridine rings is 1. The highest BCUT2D eigenvalue weighted by atomic mass is 16.5. The number of ether oxygens (including phenoxy) is 2. The topological polar surface area (TPSA) is 215 Å². The summed E-state index contributed by atoms with van der Waals surface area (Å²) in [5.74, 6) is -0.195. The van der Waals surface area contributed by atoms with E-state index in [0.717, 1.165) is 0 Å². The van der Waals surface area contributed by atoms with E-state index in [-0.39, 0.29) is 35.7 Å². The summed E-state index contributed by atoms with van der Waals surface area (Å²) in [7, 11) is 0. The Hall–Kier alpha value is -5.13. The fraction of sp³-hybridized carbons (Fsp3) is 0.0455. The van der Waals surface area contributed by atoms with Crippen LogP contribution in [0.1, 0.15) is 11.1 Å². The van der Waals surface area contributed by atoms with Crippen molar-refractivity contribution in [2.45, 2.75) is 0 Å². The summed E-state index contributed by atoms with van der Waals surface area (Å²) in [5, 5.41) is 20.0. The first-order chi connectivity index (χ1) is 16.2. The van der Waals surface area contributed by atoms with Crippen LogP contribution < -0.4 is 37.3 Å². The summed E-state index contributed by atoms with van der Waals surface area (Å²) in [6, 6.07) is 15.3. The molecular weight excluding hydrogens is 440 g/mol. The summed E-state index contributed by atoms with van der Waals surface area (Å²) < 4.78 is 11.6. The van der Waals surface area contributed by atoms with Gasteiger partial charge in [0.1, 0.15) is 28.9 Å². The number of amidine groups is 2. The predicted molar refractivity (Wildman–Crippen MR) is 126 cm³/mol. The smallest absolute Gasteiger partial charge is 0.319 e. The van der Waals surface area contributed by atoms with Gasteiger partial charge in [0, 0.05) is 17.2 Å². The zero-order chi connectivity index (χ0) is 24.7. The van der Waals surface area contributed by atoms with Crippen molar-refractivity contribution >= 4 is 29.3 Å². The molecule has 0 bridgehead atoms. The average Bonchev–Trinajstić information content (AvgIpc) is 2.79. The zero-order valence-corrected chi connectivity index (χ0v) is 17.8. The normalized spacial score (nSPS) is 10.1. The van der Waals surface area contributed by atoms with Crippen molar-refractivity contribution in [1.82, 2.24) is 10.3 Å². The Morgan fingerprint density at radius 1 is 0.853 bits per heavy atom. The van der Waals surface area contributed by atoms with Crippen LogP contribution in [0.15, 0.2) is 60.7 Å². The third-order valence-electron chi connectivity index (χ3n) is 4.23. The number of rotatable bonds is 9. The van der Waals surface area contributed by atoms with Crippen molar-refractivity contribution in [3.63, 3.8) is 0 Å². The third-order valence-corrected chi connectivity index (χ3v) is 4.23. The summed E-state index contributed by atoms with van der Waals surface area (Å²) in [5.41, 5.74) is 17.2. The molecule has 3 rings (SSSR count). The number of hydrogen-bond acceptors (Lipinski definition) is 7. The quantitative estimate of drug-likeness (QED) is 0.185. The highest BCUT2D eigenvalue weighted by Crippen LogP contribution is 2.32. The van der Waals surface area contributed by atoms with Gasteiger partial charge in [-0.1, -0.05) is 24.3 Å². The highest BCUT2D eigenvalue weighted by molar-refractivity contribution is 5.96. The van der Waals surface area contributed by atoms with E-state index in [1.165, 1.54) is 18.2 Å². The molecule has 12 heteroatoms. The van der Waals surface area contributed by atoms with Crippen molar-refractivity contribution in [3.05, 3.63) is 71.8 Å². The number of carbonyl (C=O) groups is 2. The first kappa shape index (κ1) is 23.5. The maximum absolute atomic E-state index is 12.1. The Morgan fingerprint density at radius 2 is 1.44 bits per heavy atom. The second kappa shape index (κ2) is 10.5. The summed E-state index contributed by atoms with van der Waals surface area (Å²) >= 11 is 0. The van der Waals surface area contributed by atoms with E-state index >= 15 is 0 Å². The maximum Gasteiger partial charge on any atom is 0.319 e. The first-order valence-corrected chi connectivity index (χ1v) is 9.80. The molecule has 0 aliphatic rings. The molecule has 1 heterocycles. The van der Waals surface area contributed by atoms with E-state index in [2.05, 4.69) is 15.6 Å². The van der Waals surface area contributed by atoms with Crippen LogP contribution in [0.25, 0.3) is 0 Å². The van der Waals surface area contributed by atoms with Gasteiger partial charge in [-0.25, -0.2) is 4.79 Å². The first-order valence-electron chi connectivity index (χ1n) is 9.80. The number of carbonyl (C=O) groups excluding carboxylic acids is 2. The van der Waals surface area contributed by atoms with Gasteiger partial charge in [0.05, 0.1) is 6.54 Å². The van der Waals surface area contributed by atoms with E-state index in [0.29, 0.717) is 22.6 Å². The van der Waals surface area contributed by atoms with Crippen LogP contribution in [0.2, 0.25) is 0 Å². The largest absolute Gasteiger partial charge is 0.439 e. The molecule has 0 unspecified atom stereocenters. The predicted octanol–water partition coefficient (Wildman–Crippen LogP) is 1.84. The van der Waals surface area contributed by atoms with Crippen LogP contribution in [-0.4, -0.2) is 35.1 Å². The molecule has 34 heavy (non-hydrogen) atoms. The van der Waals surface area contributed by atoms with Crippen LogP contribution in [0.4, 0.5) is 10.5 Å². The van der Waals surface area contributed by atoms with Gasteiger partial charge in [-0.15, -0.1) is 0 Å². The van der Waals surface area contributed by atoms with Gasteiger partial charge in [0.2, 0.25) is 17.7 Å². The van der Waals surface area contributed by atoms with Gasteiger partial charge >= 0.3 is 6.03 Å². The van der Waals surface area contributed by atoms with E-state index in [4.69, 9.17) is 37.5 Å². The minimum Gasteiger partial charge on any atom is -0.439 e. The fourth-order valence-electron chi connectivity index (χ4n) is 2.67. The van der Waals surface area contributed by atoms with Gasteiger partial charge in [-0.3, -0.25) is 15.6 Å². The molecule has 0 fully saturated rings. The summed E-state index contributed by atoms with van der Waals surface area (Å²) in [6.07, 6.45) is 0. The number of benzene rings is 2. The van der Waals surface area contributed by atoms with E-state index in [9.17, 15) is 9.59 Å². The molecule has 0 spiro atoms. The number of anilines is 1. The number of amides is 3. The molecule has 10 N–H and O–H groups in total. The Balaban J connectivity index is 1.91. The number of hydrogen-bond donors (Lipinski definition) is 7. The molecule has 0 aliphatic carbocycles. The number of nitrogens with zero attached hydrogens (tertiary/aromatic N) is 1. The van der Waals surface area contributed by atoms with Gasteiger partial charge in [-0.05, 0) is 30.3 Å². The number of nitrogen functional groups attached to an aromatic ring is 2. The van der Waals surface area contributed by atoms with Crippen molar-refractivity contribution in [2.75, 3.05) is 11.9 Å². The number of aromatic nitrogens is 1.